The van der Waals surface area contributed by atoms with E-state index in [2.05, 4.69) is 20.7 Å². The van der Waals surface area contributed by atoms with Gasteiger partial charge >= 0.3 is 11.9 Å². The van der Waals surface area contributed by atoms with Gasteiger partial charge in [0.15, 0.2) is 5.65 Å². The van der Waals surface area contributed by atoms with Gasteiger partial charge in [-0.2, -0.15) is 5.10 Å². The summed E-state index contributed by atoms with van der Waals surface area (Å²) >= 11 is 6.25. The minimum atomic E-state index is -1.63. The number of esters is 2. The molecule has 1 amide bonds. The third kappa shape index (κ3) is 5.85. The number of halogens is 1. The number of anilines is 1. The van der Waals surface area contributed by atoms with Crippen molar-refractivity contribution < 1.29 is 28.6 Å². The number of hydrogen-bond acceptors (Lipinski definition) is 9. The van der Waals surface area contributed by atoms with Crippen LogP contribution in [0, 0.1) is 0 Å². The molecule has 11 nitrogen and oxygen atoms in total. The van der Waals surface area contributed by atoms with E-state index in [0.717, 1.165) is 5.56 Å². The zero-order valence-electron chi connectivity index (χ0n) is 20.5. The fourth-order valence-corrected chi connectivity index (χ4v) is 3.79. The molecule has 0 saturated heterocycles. The van der Waals surface area contributed by atoms with Gasteiger partial charge in [0.2, 0.25) is 6.04 Å². The van der Waals surface area contributed by atoms with Crippen molar-refractivity contribution in [1.29, 1.82) is 0 Å². The summed E-state index contributed by atoms with van der Waals surface area (Å²) in [5.74, 6) is -2.01. The first-order valence-electron chi connectivity index (χ1n) is 11.4. The van der Waals surface area contributed by atoms with Crippen LogP contribution in [0.2, 0.25) is 5.02 Å². The first-order valence-corrected chi connectivity index (χ1v) is 11.8. The van der Waals surface area contributed by atoms with Gasteiger partial charge in [0, 0.05) is 19.3 Å². The Kier molecular flexibility index (Phi) is 9.07. The lowest BCUT2D eigenvalue weighted by Gasteiger charge is -2.18. The number of nitrogens with zero attached hydrogens (tertiary/aromatic N) is 3. The number of ether oxygens (including phenoxy) is 3. The quantitative estimate of drug-likeness (QED) is 0.291. The van der Waals surface area contributed by atoms with Gasteiger partial charge in [0.25, 0.3) is 5.91 Å². The van der Waals surface area contributed by atoms with E-state index in [1.165, 1.54) is 13.3 Å². The second-order valence-electron chi connectivity index (χ2n) is 7.48. The molecular weight excluding hydrogens is 490 g/mol. The van der Waals surface area contributed by atoms with Crippen LogP contribution < -0.4 is 15.4 Å². The van der Waals surface area contributed by atoms with Gasteiger partial charge in [-0.1, -0.05) is 17.7 Å². The summed E-state index contributed by atoms with van der Waals surface area (Å²) in [6.07, 6.45) is 2.96. The maximum absolute atomic E-state index is 13.3. The van der Waals surface area contributed by atoms with Crippen LogP contribution in [0.15, 0.2) is 30.6 Å². The predicted octanol–water partition coefficient (Wildman–Crippen LogP) is 2.95. The molecule has 36 heavy (non-hydrogen) atoms. The van der Waals surface area contributed by atoms with Crippen LogP contribution in [0.5, 0.6) is 5.75 Å². The Morgan fingerprint density at radius 3 is 2.36 bits per heavy atom. The Morgan fingerprint density at radius 2 is 1.78 bits per heavy atom. The van der Waals surface area contributed by atoms with Gasteiger partial charge in [0.05, 0.1) is 48.2 Å². The summed E-state index contributed by atoms with van der Waals surface area (Å²) in [4.78, 5) is 42.4. The predicted molar refractivity (Wildman–Crippen MR) is 133 cm³/mol. The Hall–Kier alpha value is -3.86. The standard InChI is InChI=1S/C24H28ClN5O6/c1-5-30-21-15(13-28-30)19(26-11-14-8-9-18(34-4)17(25)10-14)16(12-27-21)22(31)29-20(23(32)35-6-2)24(33)36-7-3/h8-10,12-13,20H,5-7,11H2,1-4H3,(H,26,27)(H,29,31). The molecule has 2 heterocycles. The van der Waals surface area contributed by atoms with Crippen molar-refractivity contribution in [2.45, 2.75) is 39.9 Å². The number of benzene rings is 1. The molecule has 2 N–H and O–H groups in total. The monoisotopic (exact) mass is 517 g/mol. The molecule has 0 aliphatic rings. The number of pyridine rings is 1. The number of fused-ring (bicyclic) bond motifs is 1. The number of aromatic nitrogens is 3. The van der Waals surface area contributed by atoms with E-state index in [1.54, 1.807) is 36.9 Å². The van der Waals surface area contributed by atoms with E-state index < -0.39 is 23.9 Å². The van der Waals surface area contributed by atoms with Crippen LogP contribution >= 0.6 is 11.6 Å². The minimum Gasteiger partial charge on any atom is -0.495 e. The average Bonchev–Trinajstić information content (AvgIpc) is 3.29. The van der Waals surface area contributed by atoms with E-state index in [-0.39, 0.29) is 18.8 Å². The molecule has 3 rings (SSSR count). The van der Waals surface area contributed by atoms with Crippen molar-refractivity contribution in [3.8, 4) is 5.75 Å². The van der Waals surface area contributed by atoms with Crippen LogP contribution in [0.25, 0.3) is 11.0 Å². The van der Waals surface area contributed by atoms with Gasteiger partial charge < -0.3 is 24.8 Å². The molecule has 0 atom stereocenters. The molecule has 0 radical (unpaired) electrons. The Labute approximate surface area is 213 Å². The number of rotatable bonds is 11. The summed E-state index contributed by atoms with van der Waals surface area (Å²) in [6, 6.07) is 3.70. The highest BCUT2D eigenvalue weighted by Crippen LogP contribution is 2.29. The van der Waals surface area contributed by atoms with Crippen LogP contribution in [-0.4, -0.2) is 59.0 Å². The molecule has 0 aliphatic carbocycles. The van der Waals surface area contributed by atoms with Crippen LogP contribution in [0.4, 0.5) is 5.69 Å². The first-order chi connectivity index (χ1) is 17.3. The van der Waals surface area contributed by atoms with Crippen molar-refractivity contribution in [2.75, 3.05) is 25.6 Å². The highest BCUT2D eigenvalue weighted by molar-refractivity contribution is 6.32. The zero-order chi connectivity index (χ0) is 26.2. The number of carbonyl (C=O) groups excluding carboxylic acids is 3. The van der Waals surface area contributed by atoms with Crippen LogP contribution in [-0.2, 0) is 32.2 Å². The van der Waals surface area contributed by atoms with Crippen LogP contribution in [0.1, 0.15) is 36.7 Å². The normalized spacial score (nSPS) is 10.8. The summed E-state index contributed by atoms with van der Waals surface area (Å²) in [7, 11) is 1.53. The summed E-state index contributed by atoms with van der Waals surface area (Å²) in [5, 5.41) is 11.0. The number of methoxy groups -OCH3 is 1. The average molecular weight is 518 g/mol. The van der Waals surface area contributed by atoms with Crippen molar-refractivity contribution in [2.24, 2.45) is 0 Å². The van der Waals surface area contributed by atoms with Crippen molar-refractivity contribution >= 4 is 46.2 Å². The highest BCUT2D eigenvalue weighted by Gasteiger charge is 2.32. The third-order valence-electron chi connectivity index (χ3n) is 5.22. The van der Waals surface area contributed by atoms with Crippen molar-refractivity contribution in [3.05, 3.63) is 46.7 Å². The number of carbonyl (C=O) groups is 3. The largest absolute Gasteiger partial charge is 0.495 e. The Balaban J connectivity index is 1.97. The van der Waals surface area contributed by atoms with Crippen molar-refractivity contribution in [3.63, 3.8) is 0 Å². The molecule has 0 aliphatic heterocycles. The van der Waals surface area contributed by atoms with E-state index >= 15 is 0 Å². The lowest BCUT2D eigenvalue weighted by molar-refractivity contribution is -0.157. The number of hydrogen-bond donors (Lipinski definition) is 2. The van der Waals surface area contributed by atoms with Crippen molar-refractivity contribution in [1.82, 2.24) is 20.1 Å². The SMILES string of the molecule is CCOC(=O)C(NC(=O)c1cnc2c(cnn2CC)c1NCc1ccc(OC)c(Cl)c1)C(=O)OCC. The second kappa shape index (κ2) is 12.2. The van der Waals surface area contributed by atoms with Gasteiger partial charge in [-0.25, -0.2) is 19.3 Å². The fraction of sp³-hybridized carbons (Fsp3) is 0.375. The molecule has 0 spiro atoms. The molecule has 0 bridgehead atoms. The number of aryl methyl sites for hydroxylation is 1. The Bertz CT molecular complexity index is 1240. The first kappa shape index (κ1) is 26.7. The molecule has 0 saturated carbocycles. The lowest BCUT2D eigenvalue weighted by atomic mass is 10.1. The molecule has 0 unspecified atom stereocenters. The van der Waals surface area contributed by atoms with Gasteiger partial charge in [-0.05, 0) is 38.5 Å². The number of nitrogens with one attached hydrogen (secondary N) is 2. The molecule has 1 aromatic carbocycles. The third-order valence-corrected chi connectivity index (χ3v) is 5.51. The molecule has 3 aromatic rings. The van der Waals surface area contributed by atoms with Gasteiger partial charge in [-0.3, -0.25) is 4.79 Å². The van der Waals surface area contributed by atoms with Gasteiger partial charge in [-0.15, -0.1) is 0 Å². The summed E-state index contributed by atoms with van der Waals surface area (Å²) in [6.45, 7) is 6.06. The zero-order valence-corrected chi connectivity index (χ0v) is 21.2. The maximum atomic E-state index is 13.3. The molecule has 0 fully saturated rings. The second-order valence-corrected chi connectivity index (χ2v) is 7.88. The van der Waals surface area contributed by atoms with E-state index in [0.29, 0.717) is 40.6 Å². The smallest absolute Gasteiger partial charge is 0.340 e. The molecular formula is C24H28ClN5O6. The van der Waals surface area contributed by atoms with Gasteiger partial charge in [0.1, 0.15) is 5.75 Å². The lowest BCUT2D eigenvalue weighted by Crippen LogP contribution is -2.48. The Morgan fingerprint density at radius 1 is 1.08 bits per heavy atom. The van der Waals surface area contributed by atoms with E-state index in [4.69, 9.17) is 25.8 Å². The molecule has 12 heteroatoms. The van der Waals surface area contributed by atoms with Crippen LogP contribution in [0.3, 0.4) is 0 Å². The molecule has 192 valence electrons. The summed E-state index contributed by atoms with van der Waals surface area (Å²) in [5.41, 5.74) is 1.93. The maximum Gasteiger partial charge on any atom is 0.340 e. The molecule has 2 aromatic heterocycles. The number of amides is 1. The fourth-order valence-electron chi connectivity index (χ4n) is 3.51. The van der Waals surface area contributed by atoms with E-state index in [9.17, 15) is 14.4 Å². The van der Waals surface area contributed by atoms with E-state index in [1.807, 2.05) is 13.0 Å². The summed E-state index contributed by atoms with van der Waals surface area (Å²) < 4.78 is 16.8. The topological polar surface area (TPSA) is 134 Å². The highest BCUT2D eigenvalue weighted by atomic mass is 35.5. The minimum absolute atomic E-state index is 0.0333.